The van der Waals surface area contributed by atoms with Gasteiger partial charge in [0.2, 0.25) is 0 Å². The van der Waals surface area contributed by atoms with Gasteiger partial charge in [0.25, 0.3) is 0 Å². The van der Waals surface area contributed by atoms with Crippen LogP contribution in [0.15, 0.2) is 0 Å². The van der Waals surface area contributed by atoms with Crippen molar-refractivity contribution in [1.29, 1.82) is 0 Å². The first kappa shape index (κ1) is 10.7. The fourth-order valence-electron chi connectivity index (χ4n) is 2.09. The van der Waals surface area contributed by atoms with Crippen LogP contribution in [-0.4, -0.2) is 54.3 Å². The normalized spacial score (nSPS) is 26.6. The number of hydrogen-bond donors (Lipinski definition) is 0. The lowest BCUT2D eigenvalue weighted by Gasteiger charge is -2.41. The molecule has 1 aliphatic heterocycles. The topological polar surface area (TPSA) is 23.6 Å². The van der Waals surface area contributed by atoms with Gasteiger partial charge in [-0.1, -0.05) is 0 Å². The maximum absolute atomic E-state index is 10.3. The fourth-order valence-corrected chi connectivity index (χ4v) is 2.09. The SMILES string of the molecule is CC(C)N1CCN(CC=O)CC1C. The van der Waals surface area contributed by atoms with Crippen molar-refractivity contribution < 1.29 is 4.79 Å². The molecule has 0 aromatic heterocycles. The minimum Gasteiger partial charge on any atom is -0.302 e. The highest BCUT2D eigenvalue weighted by Crippen LogP contribution is 2.11. The Hall–Kier alpha value is -0.410. The van der Waals surface area contributed by atoms with Crippen molar-refractivity contribution in [2.75, 3.05) is 26.2 Å². The molecular weight excluding hydrogens is 164 g/mol. The lowest BCUT2D eigenvalue weighted by atomic mass is 10.1. The summed E-state index contributed by atoms with van der Waals surface area (Å²) in [6, 6.07) is 1.20. The van der Waals surface area contributed by atoms with Crippen LogP contribution in [0.1, 0.15) is 20.8 Å². The summed E-state index contributed by atoms with van der Waals surface area (Å²) in [4.78, 5) is 15.0. The Bertz CT molecular complexity index is 170. The molecule has 0 radical (unpaired) electrons. The van der Waals surface area contributed by atoms with Crippen LogP contribution in [-0.2, 0) is 4.79 Å². The Kier molecular flexibility index (Phi) is 3.88. The van der Waals surface area contributed by atoms with Crippen LogP contribution < -0.4 is 0 Å². The molecule has 3 nitrogen and oxygen atoms in total. The number of hydrogen-bond acceptors (Lipinski definition) is 3. The molecule has 0 aromatic carbocycles. The van der Waals surface area contributed by atoms with Crippen molar-refractivity contribution in [3.05, 3.63) is 0 Å². The summed E-state index contributed by atoms with van der Waals surface area (Å²) in [5.41, 5.74) is 0. The van der Waals surface area contributed by atoms with Gasteiger partial charge < -0.3 is 4.79 Å². The van der Waals surface area contributed by atoms with Gasteiger partial charge in [0.05, 0.1) is 6.54 Å². The van der Waals surface area contributed by atoms with Gasteiger partial charge in [0.15, 0.2) is 0 Å². The summed E-state index contributed by atoms with van der Waals surface area (Å²) in [6.07, 6.45) is 0.998. The molecule has 1 atom stereocenters. The summed E-state index contributed by atoms with van der Waals surface area (Å²) in [5, 5.41) is 0. The van der Waals surface area contributed by atoms with Crippen molar-refractivity contribution in [3.8, 4) is 0 Å². The molecule has 1 aliphatic rings. The molecule has 76 valence electrons. The number of rotatable bonds is 3. The molecule has 1 saturated heterocycles. The second-order valence-corrected chi connectivity index (χ2v) is 4.11. The van der Waals surface area contributed by atoms with E-state index in [1.54, 1.807) is 0 Å². The number of carbonyl (C=O) groups is 1. The zero-order valence-electron chi connectivity index (χ0n) is 8.86. The monoisotopic (exact) mass is 184 g/mol. The van der Waals surface area contributed by atoms with Gasteiger partial charge >= 0.3 is 0 Å². The summed E-state index contributed by atoms with van der Waals surface area (Å²) >= 11 is 0. The lowest BCUT2D eigenvalue weighted by Crippen LogP contribution is -2.54. The summed E-state index contributed by atoms with van der Waals surface area (Å²) in [7, 11) is 0. The van der Waals surface area contributed by atoms with Crippen molar-refractivity contribution >= 4 is 6.29 Å². The molecule has 1 heterocycles. The molecule has 1 rings (SSSR count). The predicted octanol–water partition coefficient (Wildman–Crippen LogP) is 0.600. The number of carbonyl (C=O) groups excluding carboxylic acids is 1. The van der Waals surface area contributed by atoms with Crippen LogP contribution in [0, 0.1) is 0 Å². The van der Waals surface area contributed by atoms with E-state index in [2.05, 4.69) is 30.6 Å². The van der Waals surface area contributed by atoms with E-state index in [1.165, 1.54) is 0 Å². The second kappa shape index (κ2) is 4.72. The van der Waals surface area contributed by atoms with Crippen LogP contribution in [0.5, 0.6) is 0 Å². The highest BCUT2D eigenvalue weighted by molar-refractivity contribution is 5.52. The van der Waals surface area contributed by atoms with Crippen molar-refractivity contribution in [2.45, 2.75) is 32.9 Å². The summed E-state index contributed by atoms with van der Waals surface area (Å²) < 4.78 is 0. The van der Waals surface area contributed by atoms with E-state index in [0.29, 0.717) is 18.6 Å². The standard InChI is InChI=1S/C10H20N2O/c1-9(2)12-5-4-11(6-7-13)8-10(12)3/h7,9-10H,4-6,8H2,1-3H3. The quantitative estimate of drug-likeness (QED) is 0.600. The maximum Gasteiger partial charge on any atom is 0.133 e. The summed E-state index contributed by atoms with van der Waals surface area (Å²) in [6.45, 7) is 10.4. The molecule has 0 saturated carbocycles. The molecule has 0 aliphatic carbocycles. The van der Waals surface area contributed by atoms with Gasteiger partial charge in [-0.25, -0.2) is 0 Å². The predicted molar refractivity (Wildman–Crippen MR) is 53.8 cm³/mol. The van der Waals surface area contributed by atoms with Crippen molar-refractivity contribution in [3.63, 3.8) is 0 Å². The van der Waals surface area contributed by atoms with E-state index in [0.717, 1.165) is 25.9 Å². The number of piperazine rings is 1. The van der Waals surface area contributed by atoms with Gasteiger partial charge in [0.1, 0.15) is 6.29 Å². The fraction of sp³-hybridized carbons (Fsp3) is 0.900. The first-order valence-electron chi connectivity index (χ1n) is 5.07. The number of aldehydes is 1. The zero-order chi connectivity index (χ0) is 9.84. The van der Waals surface area contributed by atoms with Crippen molar-refractivity contribution in [1.82, 2.24) is 9.80 Å². The van der Waals surface area contributed by atoms with E-state index in [9.17, 15) is 4.79 Å². The average Bonchev–Trinajstić information content (AvgIpc) is 2.04. The van der Waals surface area contributed by atoms with Gasteiger partial charge in [0, 0.05) is 31.7 Å². The van der Waals surface area contributed by atoms with E-state index >= 15 is 0 Å². The molecule has 0 amide bonds. The second-order valence-electron chi connectivity index (χ2n) is 4.11. The third-order valence-electron chi connectivity index (χ3n) is 2.76. The minimum atomic E-state index is 0.577. The largest absolute Gasteiger partial charge is 0.302 e. The molecular formula is C10H20N2O. The Balaban J connectivity index is 2.41. The van der Waals surface area contributed by atoms with Gasteiger partial charge in [-0.05, 0) is 20.8 Å². The smallest absolute Gasteiger partial charge is 0.133 e. The van der Waals surface area contributed by atoms with E-state index in [4.69, 9.17) is 0 Å². The third-order valence-corrected chi connectivity index (χ3v) is 2.76. The van der Waals surface area contributed by atoms with Crippen LogP contribution in [0.2, 0.25) is 0 Å². The molecule has 0 bridgehead atoms. The highest BCUT2D eigenvalue weighted by Gasteiger charge is 2.24. The molecule has 3 heteroatoms. The zero-order valence-corrected chi connectivity index (χ0v) is 8.86. The molecule has 0 N–H and O–H groups in total. The van der Waals surface area contributed by atoms with Crippen LogP contribution in [0.4, 0.5) is 0 Å². The summed E-state index contributed by atoms with van der Waals surface area (Å²) in [5.74, 6) is 0. The Morgan fingerprint density at radius 2 is 2.15 bits per heavy atom. The third kappa shape index (κ3) is 2.78. The Morgan fingerprint density at radius 3 is 2.62 bits per heavy atom. The maximum atomic E-state index is 10.3. The van der Waals surface area contributed by atoms with E-state index in [1.807, 2.05) is 0 Å². The minimum absolute atomic E-state index is 0.577. The molecule has 0 spiro atoms. The first-order chi connectivity index (χ1) is 6.15. The van der Waals surface area contributed by atoms with Crippen LogP contribution in [0.25, 0.3) is 0 Å². The van der Waals surface area contributed by atoms with Crippen LogP contribution >= 0.6 is 0 Å². The van der Waals surface area contributed by atoms with Gasteiger partial charge in [-0.15, -0.1) is 0 Å². The Labute approximate surface area is 80.7 Å². The molecule has 1 fully saturated rings. The molecule has 13 heavy (non-hydrogen) atoms. The van der Waals surface area contributed by atoms with E-state index < -0.39 is 0 Å². The average molecular weight is 184 g/mol. The number of nitrogens with zero attached hydrogens (tertiary/aromatic N) is 2. The molecule has 1 unspecified atom stereocenters. The lowest BCUT2D eigenvalue weighted by molar-refractivity contribution is -0.109. The first-order valence-corrected chi connectivity index (χ1v) is 5.07. The van der Waals surface area contributed by atoms with E-state index in [-0.39, 0.29) is 0 Å². The molecule has 0 aromatic rings. The van der Waals surface area contributed by atoms with Gasteiger partial charge in [-0.2, -0.15) is 0 Å². The van der Waals surface area contributed by atoms with Crippen LogP contribution in [0.3, 0.4) is 0 Å². The van der Waals surface area contributed by atoms with Crippen molar-refractivity contribution in [2.24, 2.45) is 0 Å². The highest BCUT2D eigenvalue weighted by atomic mass is 16.1. The Morgan fingerprint density at radius 1 is 1.46 bits per heavy atom. The van der Waals surface area contributed by atoms with Gasteiger partial charge in [-0.3, -0.25) is 9.80 Å².